The van der Waals surface area contributed by atoms with Crippen LogP contribution < -0.4 is 0 Å². The Balaban J connectivity index is 1.69. The molecule has 27 heavy (non-hydrogen) atoms. The second-order valence-corrected chi connectivity index (χ2v) is 7.85. The van der Waals surface area contributed by atoms with E-state index in [0.29, 0.717) is 16.9 Å². The van der Waals surface area contributed by atoms with Gasteiger partial charge in [0.05, 0.1) is 5.92 Å². The van der Waals surface area contributed by atoms with Gasteiger partial charge in [0, 0.05) is 24.0 Å². The molecule has 2 aliphatic heterocycles. The van der Waals surface area contributed by atoms with Crippen molar-refractivity contribution >= 4 is 29.2 Å². The van der Waals surface area contributed by atoms with Gasteiger partial charge >= 0.3 is 17.9 Å². The fraction of sp³-hybridized carbons (Fsp3) is 0.350. The highest BCUT2D eigenvalue weighted by molar-refractivity contribution is 7.11. The molecule has 2 bridgehead atoms. The highest BCUT2D eigenvalue weighted by Crippen LogP contribution is 2.38. The van der Waals surface area contributed by atoms with E-state index in [2.05, 4.69) is 6.58 Å². The molecular formula is C20H18O6S. The Morgan fingerprint density at radius 3 is 2.78 bits per heavy atom. The van der Waals surface area contributed by atoms with E-state index in [-0.39, 0.29) is 18.1 Å². The number of rotatable bonds is 2. The minimum atomic E-state index is -0.711. The molecule has 3 aliphatic rings. The number of fused-ring (bicyclic) bond motifs is 2. The van der Waals surface area contributed by atoms with Gasteiger partial charge in [-0.05, 0) is 30.5 Å². The molecule has 2 unspecified atom stereocenters. The summed E-state index contributed by atoms with van der Waals surface area (Å²) in [5.41, 5.74) is 1.62. The van der Waals surface area contributed by atoms with E-state index in [0.717, 1.165) is 5.57 Å². The summed E-state index contributed by atoms with van der Waals surface area (Å²) in [5, 5.41) is 1.79. The zero-order valence-corrected chi connectivity index (χ0v) is 15.5. The number of hydrogen-bond donors (Lipinski definition) is 0. The molecule has 3 heterocycles. The van der Waals surface area contributed by atoms with Crippen molar-refractivity contribution in [1.29, 1.82) is 0 Å². The summed E-state index contributed by atoms with van der Waals surface area (Å²) in [6.07, 6.45) is 2.60. The SMILES string of the molecule is C=C1C(=O)OC2CC3=C[C@@H](C/C(C)=C/C(OC(=O)c4cccs4)[C@H]12)OC3=O. The molecule has 0 spiro atoms. The van der Waals surface area contributed by atoms with Crippen LogP contribution >= 0.6 is 11.3 Å². The molecule has 1 saturated heterocycles. The number of carbonyl (C=O) groups excluding carboxylic acids is 3. The average Bonchev–Trinajstić information content (AvgIpc) is 3.30. The van der Waals surface area contributed by atoms with Crippen LogP contribution in [0.5, 0.6) is 0 Å². The Morgan fingerprint density at radius 2 is 2.04 bits per heavy atom. The molecule has 4 rings (SSSR count). The maximum atomic E-state index is 12.5. The fourth-order valence-corrected chi connectivity index (χ4v) is 4.29. The van der Waals surface area contributed by atoms with Crippen LogP contribution in [-0.2, 0) is 23.8 Å². The van der Waals surface area contributed by atoms with Crippen molar-refractivity contribution in [3.05, 3.63) is 57.8 Å². The van der Waals surface area contributed by atoms with E-state index in [1.54, 1.807) is 29.7 Å². The Morgan fingerprint density at radius 1 is 1.22 bits per heavy atom. The van der Waals surface area contributed by atoms with Crippen LogP contribution in [0.25, 0.3) is 0 Å². The zero-order valence-electron chi connectivity index (χ0n) is 14.7. The molecule has 1 aromatic heterocycles. The third-order valence-electron chi connectivity index (χ3n) is 4.94. The Kier molecular flexibility index (Phi) is 4.47. The van der Waals surface area contributed by atoms with E-state index in [4.69, 9.17) is 14.2 Å². The summed E-state index contributed by atoms with van der Waals surface area (Å²) in [6, 6.07) is 3.46. The number of esters is 3. The molecular weight excluding hydrogens is 368 g/mol. The van der Waals surface area contributed by atoms with Crippen molar-refractivity contribution in [2.45, 2.75) is 38.1 Å². The average molecular weight is 386 g/mol. The standard InChI is InChI=1S/C20H18O6S/c1-10-6-13-8-12(19(22)24-13)9-15-17(11(2)18(21)25-15)14(7-10)26-20(23)16-4-3-5-27-16/h3-5,7-8,13-15,17H,2,6,9H2,1H3/b10-7+/t13-,14?,15?,17+/m1/s1. The molecule has 1 fully saturated rings. The quantitative estimate of drug-likeness (QED) is 0.337. The van der Waals surface area contributed by atoms with Crippen molar-refractivity contribution in [2.24, 2.45) is 5.92 Å². The summed E-state index contributed by atoms with van der Waals surface area (Å²) in [6.45, 7) is 5.72. The summed E-state index contributed by atoms with van der Waals surface area (Å²) < 4.78 is 16.5. The molecule has 0 saturated carbocycles. The van der Waals surface area contributed by atoms with Gasteiger partial charge < -0.3 is 14.2 Å². The van der Waals surface area contributed by atoms with Gasteiger partial charge in [0.2, 0.25) is 0 Å². The maximum absolute atomic E-state index is 12.5. The Hall–Kier alpha value is -2.67. The summed E-state index contributed by atoms with van der Waals surface area (Å²) in [5.74, 6) is -1.94. The zero-order chi connectivity index (χ0) is 19.1. The van der Waals surface area contributed by atoms with Crippen LogP contribution in [-0.4, -0.2) is 36.2 Å². The predicted molar refractivity (Wildman–Crippen MR) is 97.0 cm³/mol. The topological polar surface area (TPSA) is 78.9 Å². The Bertz CT molecular complexity index is 878. The molecule has 7 heteroatoms. The highest BCUT2D eigenvalue weighted by Gasteiger charge is 2.46. The van der Waals surface area contributed by atoms with Crippen molar-refractivity contribution < 1.29 is 28.6 Å². The first-order valence-corrected chi connectivity index (χ1v) is 9.53. The van der Waals surface area contributed by atoms with Crippen LogP contribution in [0.1, 0.15) is 29.4 Å². The minimum absolute atomic E-state index is 0.213. The van der Waals surface area contributed by atoms with E-state index in [1.807, 2.05) is 6.92 Å². The van der Waals surface area contributed by atoms with E-state index in [9.17, 15) is 14.4 Å². The summed E-state index contributed by atoms with van der Waals surface area (Å²) in [4.78, 5) is 37.2. The lowest BCUT2D eigenvalue weighted by molar-refractivity contribution is -0.142. The third-order valence-corrected chi connectivity index (χ3v) is 5.79. The first-order valence-electron chi connectivity index (χ1n) is 8.65. The van der Waals surface area contributed by atoms with Gasteiger partial charge in [-0.1, -0.05) is 18.2 Å². The number of carbonyl (C=O) groups is 3. The molecule has 6 nitrogen and oxygen atoms in total. The van der Waals surface area contributed by atoms with Crippen LogP contribution in [0, 0.1) is 5.92 Å². The maximum Gasteiger partial charge on any atom is 0.348 e. The van der Waals surface area contributed by atoms with Crippen molar-refractivity contribution in [3.8, 4) is 0 Å². The van der Waals surface area contributed by atoms with Crippen LogP contribution in [0.2, 0.25) is 0 Å². The summed E-state index contributed by atoms with van der Waals surface area (Å²) >= 11 is 1.29. The van der Waals surface area contributed by atoms with E-state index >= 15 is 0 Å². The number of thiophene rings is 1. The Labute approximate surface area is 160 Å². The normalized spacial score (nSPS) is 32.0. The second-order valence-electron chi connectivity index (χ2n) is 6.90. The third kappa shape index (κ3) is 3.35. The molecule has 0 aromatic carbocycles. The van der Waals surface area contributed by atoms with Crippen molar-refractivity contribution in [3.63, 3.8) is 0 Å². The first-order chi connectivity index (χ1) is 12.9. The molecule has 0 radical (unpaired) electrons. The monoisotopic (exact) mass is 386 g/mol. The lowest BCUT2D eigenvalue weighted by Gasteiger charge is -2.25. The minimum Gasteiger partial charge on any atom is -0.458 e. The summed E-state index contributed by atoms with van der Waals surface area (Å²) in [7, 11) is 0. The van der Waals surface area contributed by atoms with Gasteiger partial charge in [-0.2, -0.15) is 0 Å². The molecule has 140 valence electrons. The van der Waals surface area contributed by atoms with Crippen LogP contribution in [0.15, 0.2) is 53.0 Å². The molecule has 1 aromatic rings. The largest absolute Gasteiger partial charge is 0.458 e. The predicted octanol–water partition coefficient (Wildman–Crippen LogP) is 2.96. The van der Waals surface area contributed by atoms with Crippen molar-refractivity contribution in [1.82, 2.24) is 0 Å². The van der Waals surface area contributed by atoms with E-state index in [1.165, 1.54) is 11.3 Å². The van der Waals surface area contributed by atoms with Gasteiger partial charge in [0.15, 0.2) is 0 Å². The molecule has 4 atom stereocenters. The van der Waals surface area contributed by atoms with Gasteiger partial charge in [-0.3, -0.25) is 0 Å². The van der Waals surface area contributed by atoms with Crippen LogP contribution in [0.4, 0.5) is 0 Å². The molecule has 0 amide bonds. The smallest absolute Gasteiger partial charge is 0.348 e. The van der Waals surface area contributed by atoms with Gasteiger partial charge in [-0.15, -0.1) is 11.3 Å². The van der Waals surface area contributed by atoms with Crippen molar-refractivity contribution in [2.75, 3.05) is 0 Å². The first kappa shape index (κ1) is 17.7. The van der Waals surface area contributed by atoms with E-state index < -0.39 is 36.0 Å². The molecule has 1 aliphatic carbocycles. The molecule has 0 N–H and O–H groups in total. The highest BCUT2D eigenvalue weighted by atomic mass is 32.1. The second kappa shape index (κ2) is 6.81. The van der Waals surface area contributed by atoms with Gasteiger partial charge in [0.1, 0.15) is 23.2 Å². The van der Waals surface area contributed by atoms with Gasteiger partial charge in [-0.25, -0.2) is 14.4 Å². The fourth-order valence-electron chi connectivity index (χ4n) is 3.69. The van der Waals surface area contributed by atoms with Gasteiger partial charge in [0.25, 0.3) is 0 Å². The number of ether oxygens (including phenoxy) is 3. The lowest BCUT2D eigenvalue weighted by atomic mass is 9.85. The number of hydrogen-bond acceptors (Lipinski definition) is 7. The lowest BCUT2D eigenvalue weighted by Crippen LogP contribution is -2.33. The van der Waals surface area contributed by atoms with Crippen LogP contribution in [0.3, 0.4) is 0 Å².